The second kappa shape index (κ2) is 7.26. The molecule has 4 N–H and O–H groups in total. The Morgan fingerprint density at radius 1 is 1.13 bits per heavy atom. The largest absolute Gasteiger partial charge is 0.508 e. The molecule has 0 aliphatic heterocycles. The Balaban J connectivity index is 1.95. The summed E-state index contributed by atoms with van der Waals surface area (Å²) in [6.07, 6.45) is 0.617. The molecule has 0 aliphatic carbocycles. The first kappa shape index (κ1) is 17.0. The highest BCUT2D eigenvalue weighted by atomic mass is 32.2. The van der Waals surface area contributed by atoms with Gasteiger partial charge in [0, 0.05) is 12.1 Å². The number of anilines is 1. The van der Waals surface area contributed by atoms with Gasteiger partial charge in [0.15, 0.2) is 0 Å². The first-order chi connectivity index (χ1) is 10.8. The lowest BCUT2D eigenvalue weighted by Gasteiger charge is -2.08. The van der Waals surface area contributed by atoms with Crippen LogP contribution in [0.3, 0.4) is 0 Å². The fourth-order valence-electron chi connectivity index (χ4n) is 2.17. The molecule has 2 aromatic rings. The van der Waals surface area contributed by atoms with Gasteiger partial charge in [-0.05, 0) is 35.7 Å². The average molecular weight is 334 g/mol. The molecule has 6 nitrogen and oxygen atoms in total. The third-order valence-electron chi connectivity index (χ3n) is 3.19. The molecule has 1 amide bonds. The van der Waals surface area contributed by atoms with Crippen molar-refractivity contribution in [1.82, 2.24) is 0 Å². The molecule has 0 spiro atoms. The minimum Gasteiger partial charge on any atom is -0.508 e. The molecule has 0 saturated carbocycles. The number of nitrogens with one attached hydrogen (secondary N) is 1. The van der Waals surface area contributed by atoms with Crippen molar-refractivity contribution in [2.24, 2.45) is 5.14 Å². The summed E-state index contributed by atoms with van der Waals surface area (Å²) in [5, 5.41) is 17.4. The number of amides is 1. The third-order valence-corrected chi connectivity index (χ3v) is 3.93. The van der Waals surface area contributed by atoms with Crippen LogP contribution in [-0.2, 0) is 27.0 Å². The number of aryl methyl sites for hydroxylation is 1. The highest BCUT2D eigenvalue weighted by Gasteiger charge is 2.08. The van der Waals surface area contributed by atoms with Crippen molar-refractivity contribution < 1.29 is 18.3 Å². The van der Waals surface area contributed by atoms with Gasteiger partial charge in [-0.15, -0.1) is 0 Å². The summed E-state index contributed by atoms with van der Waals surface area (Å²) in [7, 11) is -3.61. The fraction of sp³-hybridized carbons (Fsp3) is 0.188. The molecule has 122 valence electrons. The number of hydrogen-bond acceptors (Lipinski definition) is 4. The zero-order valence-electron chi connectivity index (χ0n) is 12.4. The van der Waals surface area contributed by atoms with Crippen LogP contribution in [0.1, 0.15) is 17.5 Å². The van der Waals surface area contributed by atoms with Gasteiger partial charge in [-0.1, -0.05) is 30.3 Å². The van der Waals surface area contributed by atoms with Crippen molar-refractivity contribution in [3.8, 4) is 5.75 Å². The summed E-state index contributed by atoms with van der Waals surface area (Å²) in [6, 6.07) is 13.4. The number of rotatable bonds is 6. The summed E-state index contributed by atoms with van der Waals surface area (Å²) in [5.41, 5.74) is 1.71. The van der Waals surface area contributed by atoms with E-state index in [-0.39, 0.29) is 23.8 Å². The first-order valence-corrected chi connectivity index (χ1v) is 8.71. The Morgan fingerprint density at radius 3 is 2.57 bits per heavy atom. The number of hydrogen-bond donors (Lipinski definition) is 3. The molecule has 23 heavy (non-hydrogen) atoms. The third kappa shape index (κ3) is 5.72. The molecule has 0 fully saturated rings. The van der Waals surface area contributed by atoms with E-state index in [0.717, 1.165) is 0 Å². The van der Waals surface area contributed by atoms with E-state index in [1.807, 2.05) is 0 Å². The van der Waals surface area contributed by atoms with E-state index in [0.29, 0.717) is 23.2 Å². The number of benzene rings is 2. The predicted molar refractivity (Wildman–Crippen MR) is 88.3 cm³/mol. The van der Waals surface area contributed by atoms with E-state index in [4.69, 9.17) is 5.14 Å². The monoisotopic (exact) mass is 334 g/mol. The maximum absolute atomic E-state index is 12.0. The van der Waals surface area contributed by atoms with Crippen molar-refractivity contribution in [3.63, 3.8) is 0 Å². The van der Waals surface area contributed by atoms with E-state index in [1.54, 1.807) is 48.5 Å². The highest BCUT2D eigenvalue weighted by molar-refractivity contribution is 7.88. The molecule has 0 aliphatic rings. The van der Waals surface area contributed by atoms with Crippen LogP contribution in [0.15, 0.2) is 48.5 Å². The average Bonchev–Trinajstić information content (AvgIpc) is 2.45. The molecule has 2 rings (SSSR count). The molecule has 0 bridgehead atoms. The Hall–Kier alpha value is -2.38. The fourth-order valence-corrected chi connectivity index (χ4v) is 2.81. The van der Waals surface area contributed by atoms with Gasteiger partial charge in [-0.2, -0.15) is 0 Å². The van der Waals surface area contributed by atoms with Gasteiger partial charge in [0.05, 0.1) is 5.75 Å². The van der Waals surface area contributed by atoms with Gasteiger partial charge in [0.2, 0.25) is 15.9 Å². The van der Waals surface area contributed by atoms with Crippen molar-refractivity contribution in [1.29, 1.82) is 0 Å². The Morgan fingerprint density at radius 2 is 1.87 bits per heavy atom. The molecule has 0 aromatic heterocycles. The van der Waals surface area contributed by atoms with Crippen molar-refractivity contribution in [3.05, 3.63) is 59.7 Å². The number of phenols is 1. The molecule has 2 aromatic carbocycles. The quantitative estimate of drug-likeness (QED) is 0.747. The topological polar surface area (TPSA) is 109 Å². The first-order valence-electron chi connectivity index (χ1n) is 6.99. The Labute approximate surface area is 135 Å². The Bertz CT molecular complexity index is 803. The van der Waals surface area contributed by atoms with Crippen LogP contribution in [0.4, 0.5) is 5.69 Å². The van der Waals surface area contributed by atoms with Crippen LogP contribution in [0, 0.1) is 0 Å². The lowest BCUT2D eigenvalue weighted by atomic mass is 10.1. The molecular formula is C16H18N2O4S. The smallest absolute Gasteiger partial charge is 0.224 e. The molecule has 0 unspecified atom stereocenters. The summed E-state index contributed by atoms with van der Waals surface area (Å²) in [5.74, 6) is -0.342. The molecule has 0 heterocycles. The van der Waals surface area contributed by atoms with E-state index >= 15 is 0 Å². The van der Waals surface area contributed by atoms with Gasteiger partial charge < -0.3 is 10.4 Å². The number of para-hydroxylation sites is 1. The number of nitrogens with two attached hydrogens (primary N) is 1. The van der Waals surface area contributed by atoms with E-state index in [2.05, 4.69) is 5.32 Å². The SMILES string of the molecule is NS(=O)(=O)Cc1cccc(NC(=O)CCc2ccccc2O)c1. The summed E-state index contributed by atoms with van der Waals surface area (Å²) < 4.78 is 22.2. The summed E-state index contributed by atoms with van der Waals surface area (Å²) in [4.78, 5) is 12.0. The number of phenolic OH excluding ortho intramolecular Hbond substituents is 1. The van der Waals surface area contributed by atoms with Gasteiger partial charge in [0.25, 0.3) is 0 Å². The molecule has 0 saturated heterocycles. The molecule has 7 heteroatoms. The van der Waals surface area contributed by atoms with Crippen LogP contribution in [0.2, 0.25) is 0 Å². The molecule has 0 radical (unpaired) electrons. The lowest BCUT2D eigenvalue weighted by Crippen LogP contribution is -2.15. The second-order valence-electron chi connectivity index (χ2n) is 5.18. The number of sulfonamides is 1. The van der Waals surface area contributed by atoms with Crippen LogP contribution >= 0.6 is 0 Å². The van der Waals surface area contributed by atoms with Crippen molar-refractivity contribution >= 4 is 21.6 Å². The summed E-state index contributed by atoms with van der Waals surface area (Å²) in [6.45, 7) is 0. The number of carbonyl (C=O) groups is 1. The molecule has 0 atom stereocenters. The van der Waals surface area contributed by atoms with Gasteiger partial charge in [-0.25, -0.2) is 13.6 Å². The predicted octanol–water partition coefficient (Wildman–Crippen LogP) is 1.75. The normalized spacial score (nSPS) is 11.2. The van der Waals surface area contributed by atoms with Crippen molar-refractivity contribution in [2.75, 3.05) is 5.32 Å². The maximum Gasteiger partial charge on any atom is 0.224 e. The summed E-state index contributed by atoms with van der Waals surface area (Å²) >= 11 is 0. The van der Waals surface area contributed by atoms with Gasteiger partial charge in [-0.3, -0.25) is 4.79 Å². The van der Waals surface area contributed by atoms with E-state index in [9.17, 15) is 18.3 Å². The zero-order valence-corrected chi connectivity index (χ0v) is 13.2. The number of primary sulfonamides is 1. The molecular weight excluding hydrogens is 316 g/mol. The van der Waals surface area contributed by atoms with Crippen LogP contribution < -0.4 is 10.5 Å². The second-order valence-corrected chi connectivity index (χ2v) is 6.80. The minimum absolute atomic E-state index is 0.162. The van der Waals surface area contributed by atoms with Gasteiger partial charge >= 0.3 is 0 Å². The maximum atomic E-state index is 12.0. The number of aromatic hydroxyl groups is 1. The van der Waals surface area contributed by atoms with Gasteiger partial charge in [0.1, 0.15) is 5.75 Å². The lowest BCUT2D eigenvalue weighted by molar-refractivity contribution is -0.116. The van der Waals surface area contributed by atoms with E-state index < -0.39 is 10.0 Å². The van der Waals surface area contributed by atoms with Crippen molar-refractivity contribution in [2.45, 2.75) is 18.6 Å². The van der Waals surface area contributed by atoms with Crippen LogP contribution in [0.25, 0.3) is 0 Å². The minimum atomic E-state index is -3.61. The van der Waals surface area contributed by atoms with Crippen LogP contribution in [-0.4, -0.2) is 19.4 Å². The zero-order chi connectivity index (χ0) is 16.9. The van der Waals surface area contributed by atoms with E-state index in [1.165, 1.54) is 0 Å². The number of carbonyl (C=O) groups excluding carboxylic acids is 1. The Kier molecular flexibility index (Phi) is 5.36. The highest BCUT2D eigenvalue weighted by Crippen LogP contribution is 2.18. The van der Waals surface area contributed by atoms with Crippen LogP contribution in [0.5, 0.6) is 5.75 Å². The standard InChI is InChI=1S/C16H18N2O4S/c17-23(21,22)11-12-4-3-6-14(10-12)18-16(20)9-8-13-5-1-2-7-15(13)19/h1-7,10,19H,8-9,11H2,(H,18,20)(H2,17,21,22).